The topological polar surface area (TPSA) is 79.5 Å². The van der Waals surface area contributed by atoms with Gasteiger partial charge in [-0.05, 0) is 61.0 Å². The van der Waals surface area contributed by atoms with Crippen LogP contribution in [-0.2, 0) is 11.3 Å². The number of carbonyl (C=O) groups excluding carboxylic acids is 2. The Morgan fingerprint density at radius 2 is 1.50 bits per heavy atom. The lowest BCUT2D eigenvalue weighted by atomic mass is 10.2. The maximum Gasteiger partial charge on any atom is 0.255 e. The first-order valence-corrected chi connectivity index (χ1v) is 9.83. The van der Waals surface area contributed by atoms with Gasteiger partial charge in [0.05, 0.1) is 13.2 Å². The quantitative estimate of drug-likeness (QED) is 0.503. The smallest absolute Gasteiger partial charge is 0.255 e. The molecule has 3 aromatic carbocycles. The maximum absolute atomic E-state index is 12.4. The number of ether oxygens (including phenoxy) is 1. The van der Waals surface area contributed by atoms with Gasteiger partial charge in [0.2, 0.25) is 5.91 Å². The molecule has 0 aromatic heterocycles. The molecule has 3 aromatic rings. The molecule has 3 N–H and O–H groups in total. The predicted molar refractivity (Wildman–Crippen MR) is 119 cm³/mol. The molecule has 0 fully saturated rings. The van der Waals surface area contributed by atoms with Gasteiger partial charge in [-0.15, -0.1) is 0 Å². The average molecular weight is 403 g/mol. The van der Waals surface area contributed by atoms with E-state index in [1.54, 1.807) is 36.4 Å². The number of amides is 2. The van der Waals surface area contributed by atoms with E-state index in [9.17, 15) is 9.59 Å². The van der Waals surface area contributed by atoms with Crippen molar-refractivity contribution in [3.05, 3.63) is 90.0 Å². The van der Waals surface area contributed by atoms with Gasteiger partial charge in [-0.1, -0.05) is 30.3 Å². The van der Waals surface area contributed by atoms with Gasteiger partial charge in [0.1, 0.15) is 5.75 Å². The van der Waals surface area contributed by atoms with Gasteiger partial charge in [-0.25, -0.2) is 0 Å². The summed E-state index contributed by atoms with van der Waals surface area (Å²) in [4.78, 5) is 24.4. The highest BCUT2D eigenvalue weighted by Crippen LogP contribution is 2.17. The Bertz CT molecular complexity index is 955. The summed E-state index contributed by atoms with van der Waals surface area (Å²) in [6, 6.07) is 24.0. The standard InChI is InChI=1S/C24H25N3O3/c1-2-30-22-14-12-21(13-15-22)27-24(29)19-8-10-20(11-9-19)25-17-23(28)26-16-18-6-4-3-5-7-18/h3-15,25H,2,16-17H2,1H3,(H,26,28)(H,27,29). The van der Waals surface area contributed by atoms with Gasteiger partial charge in [0.15, 0.2) is 0 Å². The fraction of sp³-hybridized carbons (Fsp3) is 0.167. The molecule has 6 heteroatoms. The SMILES string of the molecule is CCOc1ccc(NC(=O)c2ccc(NCC(=O)NCc3ccccc3)cc2)cc1. The number of anilines is 2. The van der Waals surface area contributed by atoms with Crippen LogP contribution in [0.4, 0.5) is 11.4 Å². The number of carbonyl (C=O) groups is 2. The molecule has 0 aliphatic heterocycles. The molecule has 0 bridgehead atoms. The molecule has 30 heavy (non-hydrogen) atoms. The fourth-order valence-electron chi connectivity index (χ4n) is 2.79. The van der Waals surface area contributed by atoms with Crippen molar-refractivity contribution in [1.29, 1.82) is 0 Å². The molecule has 0 aliphatic carbocycles. The predicted octanol–water partition coefficient (Wildman–Crippen LogP) is 4.07. The van der Waals surface area contributed by atoms with E-state index >= 15 is 0 Å². The second-order valence-electron chi connectivity index (χ2n) is 6.60. The minimum atomic E-state index is -0.202. The summed E-state index contributed by atoms with van der Waals surface area (Å²) in [7, 11) is 0. The minimum absolute atomic E-state index is 0.101. The van der Waals surface area contributed by atoms with Crippen molar-refractivity contribution >= 4 is 23.2 Å². The molecule has 6 nitrogen and oxygen atoms in total. The molecule has 0 heterocycles. The van der Waals surface area contributed by atoms with E-state index < -0.39 is 0 Å². The van der Waals surface area contributed by atoms with Gasteiger partial charge in [-0.3, -0.25) is 9.59 Å². The number of benzene rings is 3. The zero-order valence-electron chi connectivity index (χ0n) is 16.9. The molecule has 0 unspecified atom stereocenters. The third-order valence-corrected chi connectivity index (χ3v) is 4.36. The molecule has 0 saturated carbocycles. The van der Waals surface area contributed by atoms with Crippen molar-refractivity contribution in [3.8, 4) is 5.75 Å². The first-order valence-electron chi connectivity index (χ1n) is 9.83. The first-order chi connectivity index (χ1) is 14.6. The Morgan fingerprint density at radius 3 is 2.17 bits per heavy atom. The summed E-state index contributed by atoms with van der Waals surface area (Å²) in [6.45, 7) is 3.17. The van der Waals surface area contributed by atoms with Crippen LogP contribution in [0.5, 0.6) is 5.75 Å². The summed E-state index contributed by atoms with van der Waals surface area (Å²) in [5.41, 5.74) is 3.04. The van der Waals surface area contributed by atoms with E-state index in [-0.39, 0.29) is 18.4 Å². The van der Waals surface area contributed by atoms with Crippen molar-refractivity contribution in [3.63, 3.8) is 0 Å². The largest absolute Gasteiger partial charge is 0.494 e. The second kappa shape index (κ2) is 10.7. The van der Waals surface area contributed by atoms with Gasteiger partial charge < -0.3 is 20.7 Å². The molecule has 0 atom stereocenters. The molecule has 0 saturated heterocycles. The average Bonchev–Trinajstić information content (AvgIpc) is 2.79. The molecule has 0 radical (unpaired) electrons. The summed E-state index contributed by atoms with van der Waals surface area (Å²) in [5, 5.41) is 8.77. The van der Waals surface area contributed by atoms with Crippen molar-refractivity contribution in [1.82, 2.24) is 5.32 Å². The summed E-state index contributed by atoms with van der Waals surface area (Å²) < 4.78 is 5.39. The molecule has 0 aliphatic rings. The fourth-order valence-corrected chi connectivity index (χ4v) is 2.79. The molecule has 3 rings (SSSR count). The Kier molecular flexibility index (Phi) is 7.44. The third-order valence-electron chi connectivity index (χ3n) is 4.36. The Labute approximate surface area is 176 Å². The van der Waals surface area contributed by atoms with Crippen LogP contribution in [0.2, 0.25) is 0 Å². The summed E-state index contributed by atoms with van der Waals surface area (Å²) in [6.07, 6.45) is 0. The van der Waals surface area contributed by atoms with Crippen LogP contribution in [0.25, 0.3) is 0 Å². The van der Waals surface area contributed by atoms with Crippen LogP contribution in [0.15, 0.2) is 78.9 Å². The molecule has 154 valence electrons. The van der Waals surface area contributed by atoms with Gasteiger partial charge in [-0.2, -0.15) is 0 Å². The van der Waals surface area contributed by atoms with Crippen LogP contribution in [0.1, 0.15) is 22.8 Å². The Balaban J connectivity index is 1.45. The monoisotopic (exact) mass is 403 g/mol. The second-order valence-corrected chi connectivity index (χ2v) is 6.60. The van der Waals surface area contributed by atoms with Crippen molar-refractivity contribution in [2.45, 2.75) is 13.5 Å². The van der Waals surface area contributed by atoms with Crippen LogP contribution < -0.4 is 20.7 Å². The van der Waals surface area contributed by atoms with E-state index in [4.69, 9.17) is 4.74 Å². The molecule has 0 spiro atoms. The highest BCUT2D eigenvalue weighted by atomic mass is 16.5. The van der Waals surface area contributed by atoms with E-state index in [0.29, 0.717) is 24.4 Å². The van der Waals surface area contributed by atoms with Crippen molar-refractivity contribution in [2.24, 2.45) is 0 Å². The normalized spacial score (nSPS) is 10.2. The van der Waals surface area contributed by atoms with Gasteiger partial charge in [0.25, 0.3) is 5.91 Å². The van der Waals surface area contributed by atoms with Crippen LogP contribution in [0, 0.1) is 0 Å². The molecular formula is C24H25N3O3. The van der Waals surface area contributed by atoms with Crippen LogP contribution >= 0.6 is 0 Å². The Morgan fingerprint density at radius 1 is 0.833 bits per heavy atom. The number of hydrogen-bond acceptors (Lipinski definition) is 4. The lowest BCUT2D eigenvalue weighted by Gasteiger charge is -2.09. The summed E-state index contributed by atoms with van der Waals surface area (Å²) in [5.74, 6) is 0.459. The van der Waals surface area contributed by atoms with E-state index in [2.05, 4.69) is 16.0 Å². The van der Waals surface area contributed by atoms with Gasteiger partial charge in [0, 0.05) is 23.5 Å². The molecular weight excluding hydrogens is 378 g/mol. The van der Waals surface area contributed by atoms with Crippen LogP contribution in [0.3, 0.4) is 0 Å². The third kappa shape index (κ3) is 6.38. The zero-order chi connectivity index (χ0) is 21.2. The van der Waals surface area contributed by atoms with Crippen LogP contribution in [-0.4, -0.2) is 25.0 Å². The number of nitrogens with one attached hydrogen (secondary N) is 3. The highest BCUT2D eigenvalue weighted by Gasteiger charge is 2.07. The maximum atomic E-state index is 12.4. The number of hydrogen-bond donors (Lipinski definition) is 3. The van der Waals surface area contributed by atoms with Crippen molar-refractivity contribution < 1.29 is 14.3 Å². The Hall–Kier alpha value is -3.80. The van der Waals surface area contributed by atoms with E-state index in [0.717, 1.165) is 17.0 Å². The molecule has 2 amide bonds. The number of rotatable bonds is 9. The highest BCUT2D eigenvalue weighted by molar-refractivity contribution is 6.04. The lowest BCUT2D eigenvalue weighted by Crippen LogP contribution is -2.29. The van der Waals surface area contributed by atoms with E-state index in [1.165, 1.54) is 0 Å². The van der Waals surface area contributed by atoms with E-state index in [1.807, 2.05) is 49.4 Å². The van der Waals surface area contributed by atoms with Crippen molar-refractivity contribution in [2.75, 3.05) is 23.8 Å². The first kappa shape index (κ1) is 20.9. The van der Waals surface area contributed by atoms with Gasteiger partial charge >= 0.3 is 0 Å². The zero-order valence-corrected chi connectivity index (χ0v) is 16.9. The minimum Gasteiger partial charge on any atom is -0.494 e. The lowest BCUT2D eigenvalue weighted by molar-refractivity contribution is -0.119. The summed E-state index contributed by atoms with van der Waals surface area (Å²) >= 11 is 0.